The van der Waals surface area contributed by atoms with E-state index in [2.05, 4.69) is 0 Å². The largest absolute Gasteiger partial charge is 0.341 e. The van der Waals surface area contributed by atoms with Gasteiger partial charge in [-0.2, -0.15) is 0 Å². The molecule has 0 heterocycles. The van der Waals surface area contributed by atoms with Gasteiger partial charge in [0.2, 0.25) is 15.9 Å². The smallest absolute Gasteiger partial charge is 0.239 e. The first-order chi connectivity index (χ1) is 12.2. The van der Waals surface area contributed by atoms with Gasteiger partial charge in [0, 0.05) is 32.0 Å². The Bertz CT molecular complexity index is 914. The predicted octanol–water partition coefficient (Wildman–Crippen LogP) is 2.61. The van der Waals surface area contributed by atoms with Gasteiger partial charge in [0.05, 0.1) is 5.02 Å². The fraction of sp³-hybridized carbons (Fsp3) is 0.222. The van der Waals surface area contributed by atoms with Gasteiger partial charge in [0.25, 0.3) is 0 Å². The minimum atomic E-state index is -4.03. The van der Waals surface area contributed by atoms with E-state index >= 15 is 0 Å². The summed E-state index contributed by atoms with van der Waals surface area (Å²) in [6.07, 6.45) is -0.0147. The summed E-state index contributed by atoms with van der Waals surface area (Å²) in [5.74, 6) is -0.532. The Morgan fingerprint density at radius 3 is 2.35 bits per heavy atom. The number of amides is 1. The van der Waals surface area contributed by atoms with Gasteiger partial charge in [-0.05, 0) is 23.8 Å². The first kappa shape index (κ1) is 20.1. The van der Waals surface area contributed by atoms with Crippen LogP contribution in [0.5, 0.6) is 0 Å². The summed E-state index contributed by atoms with van der Waals surface area (Å²) in [7, 11) is -2.36. The van der Waals surface area contributed by atoms with Crippen molar-refractivity contribution in [2.45, 2.75) is 24.3 Å². The number of carbonyl (C=O) groups is 2. The molecule has 0 spiro atoms. The number of hydrogen-bond acceptors (Lipinski definition) is 4. The maximum Gasteiger partial charge on any atom is 0.239 e. The molecule has 2 aromatic rings. The van der Waals surface area contributed by atoms with Gasteiger partial charge < -0.3 is 4.90 Å². The molecule has 138 valence electrons. The van der Waals surface area contributed by atoms with Crippen molar-refractivity contribution in [3.63, 3.8) is 0 Å². The zero-order chi connectivity index (χ0) is 19.3. The van der Waals surface area contributed by atoms with Crippen molar-refractivity contribution in [3.05, 3.63) is 64.7 Å². The van der Waals surface area contributed by atoms with E-state index in [1.165, 1.54) is 12.1 Å². The van der Waals surface area contributed by atoms with E-state index in [0.717, 1.165) is 11.6 Å². The zero-order valence-electron chi connectivity index (χ0n) is 14.2. The van der Waals surface area contributed by atoms with Crippen molar-refractivity contribution in [2.24, 2.45) is 5.14 Å². The lowest BCUT2D eigenvalue weighted by atomic mass is 10.1. The first-order valence-electron chi connectivity index (χ1n) is 7.82. The van der Waals surface area contributed by atoms with Gasteiger partial charge in [-0.3, -0.25) is 9.59 Å². The van der Waals surface area contributed by atoms with Crippen LogP contribution in [0.15, 0.2) is 53.4 Å². The average Bonchev–Trinajstić information content (AvgIpc) is 2.59. The molecule has 0 aliphatic rings. The number of halogens is 1. The van der Waals surface area contributed by atoms with Crippen LogP contribution in [-0.4, -0.2) is 32.1 Å². The van der Waals surface area contributed by atoms with Crippen molar-refractivity contribution < 1.29 is 18.0 Å². The van der Waals surface area contributed by atoms with Gasteiger partial charge in [0.1, 0.15) is 4.90 Å². The third-order valence-electron chi connectivity index (χ3n) is 3.81. The van der Waals surface area contributed by atoms with Crippen LogP contribution in [0.25, 0.3) is 0 Å². The van der Waals surface area contributed by atoms with E-state index in [-0.39, 0.29) is 40.0 Å². The van der Waals surface area contributed by atoms with Crippen LogP contribution in [0.2, 0.25) is 5.02 Å². The molecule has 2 N–H and O–H groups in total. The van der Waals surface area contributed by atoms with Gasteiger partial charge in [-0.1, -0.05) is 41.9 Å². The Kier molecular flexibility index (Phi) is 6.52. The number of Topliss-reactive ketones (excluding diaryl/α,β-unsaturated/α-hetero) is 1. The van der Waals surface area contributed by atoms with Gasteiger partial charge >= 0.3 is 0 Å². The van der Waals surface area contributed by atoms with Crippen LogP contribution in [0.3, 0.4) is 0 Å². The highest BCUT2D eigenvalue weighted by Crippen LogP contribution is 2.22. The second-order valence-electron chi connectivity index (χ2n) is 5.85. The van der Waals surface area contributed by atoms with E-state index in [1.807, 2.05) is 30.3 Å². The maximum absolute atomic E-state index is 12.3. The molecule has 0 aromatic heterocycles. The molecule has 0 unspecified atom stereocenters. The minimum absolute atomic E-state index is 0.0233. The van der Waals surface area contributed by atoms with Gasteiger partial charge in [-0.25, -0.2) is 13.6 Å². The number of primary sulfonamides is 1. The molecule has 0 fully saturated rings. The number of rotatable bonds is 7. The topological polar surface area (TPSA) is 97.5 Å². The second kappa shape index (κ2) is 8.44. The summed E-state index contributed by atoms with van der Waals surface area (Å²) in [5, 5.41) is 5.02. The molecular weight excluding hydrogens is 376 g/mol. The number of benzene rings is 2. The van der Waals surface area contributed by atoms with Crippen molar-refractivity contribution >= 4 is 33.3 Å². The second-order valence-corrected chi connectivity index (χ2v) is 7.79. The molecule has 6 nitrogen and oxygen atoms in total. The lowest BCUT2D eigenvalue weighted by molar-refractivity contribution is -0.130. The van der Waals surface area contributed by atoms with Crippen LogP contribution in [-0.2, 0) is 21.4 Å². The monoisotopic (exact) mass is 394 g/mol. The van der Waals surface area contributed by atoms with E-state index in [4.69, 9.17) is 16.7 Å². The standard InChI is InChI=1S/C18H19ClN2O4S/c1-21(12-13-5-3-2-4-6-13)18(23)10-9-16(22)14-7-8-15(19)17(11-14)26(20,24)25/h2-8,11H,9-10,12H2,1H3,(H2,20,24,25). The van der Waals surface area contributed by atoms with Crippen LogP contribution >= 0.6 is 11.6 Å². The highest BCUT2D eigenvalue weighted by Gasteiger charge is 2.18. The fourth-order valence-electron chi connectivity index (χ4n) is 2.40. The SMILES string of the molecule is CN(Cc1ccccc1)C(=O)CCC(=O)c1ccc(Cl)c(S(N)(=O)=O)c1. The summed E-state index contributed by atoms with van der Waals surface area (Å²) in [4.78, 5) is 25.7. The molecule has 26 heavy (non-hydrogen) atoms. The van der Waals surface area contributed by atoms with E-state index in [1.54, 1.807) is 11.9 Å². The van der Waals surface area contributed by atoms with Gasteiger partial charge in [-0.15, -0.1) is 0 Å². The molecule has 2 rings (SSSR count). The Balaban J connectivity index is 1.99. The van der Waals surface area contributed by atoms with E-state index in [9.17, 15) is 18.0 Å². The first-order valence-corrected chi connectivity index (χ1v) is 9.74. The Morgan fingerprint density at radius 2 is 1.73 bits per heavy atom. The average molecular weight is 395 g/mol. The molecule has 0 saturated heterocycles. The molecule has 1 amide bonds. The summed E-state index contributed by atoms with van der Waals surface area (Å²) >= 11 is 5.80. The highest BCUT2D eigenvalue weighted by atomic mass is 35.5. The summed E-state index contributed by atoms with van der Waals surface area (Å²) in [6.45, 7) is 0.449. The molecule has 0 aliphatic carbocycles. The van der Waals surface area contributed by atoms with Crippen molar-refractivity contribution in [2.75, 3.05) is 7.05 Å². The Morgan fingerprint density at radius 1 is 1.08 bits per heavy atom. The van der Waals surface area contributed by atoms with Crippen LogP contribution in [0.1, 0.15) is 28.8 Å². The van der Waals surface area contributed by atoms with Crippen LogP contribution in [0, 0.1) is 0 Å². The number of nitrogens with two attached hydrogens (primary N) is 1. The number of carbonyl (C=O) groups excluding carboxylic acids is 2. The Hall–Kier alpha value is -2.22. The molecule has 0 atom stereocenters. The normalized spacial score (nSPS) is 11.2. The molecule has 0 saturated carbocycles. The number of sulfonamides is 1. The molecule has 0 aliphatic heterocycles. The maximum atomic E-state index is 12.3. The molecule has 0 radical (unpaired) electrons. The summed E-state index contributed by atoms with van der Waals surface area (Å²) < 4.78 is 23.0. The summed E-state index contributed by atoms with van der Waals surface area (Å²) in [6, 6.07) is 13.4. The quantitative estimate of drug-likeness (QED) is 0.730. The molecular formula is C18H19ClN2O4S. The van der Waals surface area contributed by atoms with Crippen molar-refractivity contribution in [1.82, 2.24) is 4.90 Å². The third-order valence-corrected chi connectivity index (χ3v) is 5.21. The molecule has 2 aromatic carbocycles. The molecule has 0 bridgehead atoms. The van der Waals surface area contributed by atoms with Crippen LogP contribution in [0.4, 0.5) is 0 Å². The van der Waals surface area contributed by atoms with E-state index in [0.29, 0.717) is 6.54 Å². The number of nitrogens with zero attached hydrogens (tertiary/aromatic N) is 1. The Labute approximate surface area is 157 Å². The fourth-order valence-corrected chi connectivity index (χ4v) is 3.47. The zero-order valence-corrected chi connectivity index (χ0v) is 15.8. The number of ketones is 1. The van der Waals surface area contributed by atoms with Crippen molar-refractivity contribution in [1.29, 1.82) is 0 Å². The highest BCUT2D eigenvalue weighted by molar-refractivity contribution is 7.89. The number of hydrogen-bond donors (Lipinski definition) is 1. The predicted molar refractivity (Wildman–Crippen MR) is 99.3 cm³/mol. The lowest BCUT2D eigenvalue weighted by Crippen LogP contribution is -2.26. The van der Waals surface area contributed by atoms with Crippen molar-refractivity contribution in [3.8, 4) is 0 Å². The van der Waals surface area contributed by atoms with Gasteiger partial charge in [0.15, 0.2) is 5.78 Å². The molecule has 8 heteroatoms. The summed E-state index contributed by atoms with van der Waals surface area (Å²) in [5.41, 5.74) is 1.14. The van der Waals surface area contributed by atoms with Crippen LogP contribution < -0.4 is 5.14 Å². The third kappa shape index (κ3) is 5.39. The van der Waals surface area contributed by atoms with E-state index < -0.39 is 10.0 Å². The lowest BCUT2D eigenvalue weighted by Gasteiger charge is -2.17. The minimum Gasteiger partial charge on any atom is -0.341 e.